The number of nitrogens with one attached hydrogen (secondary N) is 1. The van der Waals surface area contributed by atoms with Crippen molar-refractivity contribution in [1.82, 2.24) is 14.5 Å². The number of nitrogens with zero attached hydrogens (tertiary/aromatic N) is 2. The number of aliphatic hydroxyl groups excluding tert-OH is 1. The molecule has 8 nitrogen and oxygen atoms in total. The van der Waals surface area contributed by atoms with Gasteiger partial charge in [-0.05, 0) is 18.1 Å². The Bertz CT molecular complexity index is 952. The highest BCUT2D eigenvalue weighted by atomic mass is 32.2. The summed E-state index contributed by atoms with van der Waals surface area (Å²) in [6.07, 6.45) is 1.06. The molecule has 9 heteroatoms. The first kappa shape index (κ1) is 24.5. The predicted octanol–water partition coefficient (Wildman–Crippen LogP) is 0.974. The van der Waals surface area contributed by atoms with Gasteiger partial charge in [0, 0.05) is 19.6 Å². The van der Waals surface area contributed by atoms with Crippen LogP contribution >= 0.6 is 0 Å². The Balaban J connectivity index is 2.25. The number of sulfonamides is 1. The van der Waals surface area contributed by atoms with Crippen LogP contribution in [0.3, 0.4) is 0 Å². The highest BCUT2D eigenvalue weighted by Gasteiger charge is 2.29. The molecule has 0 saturated heterocycles. The van der Waals surface area contributed by atoms with E-state index >= 15 is 0 Å². The van der Waals surface area contributed by atoms with Crippen molar-refractivity contribution in [3.05, 3.63) is 71.8 Å². The topological polar surface area (TPSA) is 107 Å². The largest absolute Gasteiger partial charge is 0.395 e. The van der Waals surface area contributed by atoms with Gasteiger partial charge in [-0.1, -0.05) is 60.7 Å². The molecule has 0 saturated carbocycles. The number of carbonyl (C=O) groups is 2. The van der Waals surface area contributed by atoms with Gasteiger partial charge in [-0.25, -0.2) is 8.42 Å². The summed E-state index contributed by atoms with van der Waals surface area (Å²) in [5.74, 6) is -0.913. The molecule has 1 atom stereocenters. The lowest BCUT2D eigenvalue weighted by Gasteiger charge is -2.31. The van der Waals surface area contributed by atoms with Crippen LogP contribution in [0, 0.1) is 0 Å². The van der Waals surface area contributed by atoms with Crippen molar-refractivity contribution in [2.75, 3.05) is 26.0 Å². The highest BCUT2D eigenvalue weighted by molar-refractivity contribution is 7.88. The van der Waals surface area contributed by atoms with Crippen LogP contribution in [-0.2, 0) is 32.7 Å². The van der Waals surface area contributed by atoms with Crippen LogP contribution in [0.2, 0.25) is 0 Å². The van der Waals surface area contributed by atoms with Crippen LogP contribution in [-0.4, -0.2) is 66.5 Å². The van der Waals surface area contributed by atoms with Crippen molar-refractivity contribution < 1.29 is 23.1 Å². The maximum Gasteiger partial charge on any atom is 0.242 e. The number of amides is 2. The maximum absolute atomic E-state index is 13.2. The van der Waals surface area contributed by atoms with E-state index in [9.17, 15) is 18.0 Å². The van der Waals surface area contributed by atoms with E-state index in [-0.39, 0.29) is 26.2 Å². The summed E-state index contributed by atoms with van der Waals surface area (Å²) in [6, 6.07) is 17.3. The van der Waals surface area contributed by atoms with Crippen molar-refractivity contribution >= 4 is 21.8 Å². The number of aliphatic hydroxyl groups is 1. The van der Waals surface area contributed by atoms with Crippen molar-refractivity contribution in [3.8, 4) is 0 Å². The summed E-state index contributed by atoms with van der Waals surface area (Å²) in [6.45, 7) is 1.24. The third kappa shape index (κ3) is 7.78. The molecule has 168 valence electrons. The summed E-state index contributed by atoms with van der Waals surface area (Å²) >= 11 is 0. The van der Waals surface area contributed by atoms with Crippen LogP contribution in [0.4, 0.5) is 0 Å². The lowest BCUT2D eigenvalue weighted by molar-refractivity contribution is -0.140. The minimum Gasteiger partial charge on any atom is -0.395 e. The maximum atomic E-state index is 13.2. The van der Waals surface area contributed by atoms with Crippen LogP contribution in [0.1, 0.15) is 18.1 Å². The molecular weight excluding hydrogens is 418 g/mol. The van der Waals surface area contributed by atoms with E-state index in [2.05, 4.69) is 5.32 Å². The quantitative estimate of drug-likeness (QED) is 0.534. The smallest absolute Gasteiger partial charge is 0.242 e. The Kier molecular flexibility index (Phi) is 9.17. The zero-order valence-electron chi connectivity index (χ0n) is 17.8. The third-order valence-electron chi connectivity index (χ3n) is 4.76. The van der Waals surface area contributed by atoms with Gasteiger partial charge in [-0.3, -0.25) is 9.59 Å². The van der Waals surface area contributed by atoms with E-state index < -0.39 is 34.4 Å². The monoisotopic (exact) mass is 447 g/mol. The van der Waals surface area contributed by atoms with Crippen LogP contribution in [0.5, 0.6) is 0 Å². The molecule has 0 aliphatic carbocycles. The second-order valence-corrected chi connectivity index (χ2v) is 9.20. The lowest BCUT2D eigenvalue weighted by Crippen LogP contribution is -2.51. The summed E-state index contributed by atoms with van der Waals surface area (Å²) in [5, 5.41) is 11.5. The predicted molar refractivity (Wildman–Crippen MR) is 118 cm³/mol. The molecule has 0 aliphatic heterocycles. The molecule has 2 amide bonds. The SMILES string of the molecule is C[C@H](C(=O)NCCO)N(Cc1ccccc1)C(=O)CN(Cc1ccccc1)S(C)(=O)=O. The van der Waals surface area contributed by atoms with Gasteiger partial charge in [-0.2, -0.15) is 4.31 Å². The number of hydrogen-bond acceptors (Lipinski definition) is 5. The van der Waals surface area contributed by atoms with E-state index in [0.29, 0.717) is 0 Å². The second kappa shape index (κ2) is 11.6. The van der Waals surface area contributed by atoms with E-state index in [1.807, 2.05) is 36.4 Å². The van der Waals surface area contributed by atoms with Crippen LogP contribution in [0.25, 0.3) is 0 Å². The summed E-state index contributed by atoms with van der Waals surface area (Å²) in [5.41, 5.74) is 1.57. The molecule has 0 radical (unpaired) electrons. The number of carbonyl (C=O) groups excluding carboxylic acids is 2. The van der Waals surface area contributed by atoms with Crippen LogP contribution in [0.15, 0.2) is 60.7 Å². The van der Waals surface area contributed by atoms with Gasteiger partial charge in [0.1, 0.15) is 6.04 Å². The fraction of sp³-hybridized carbons (Fsp3) is 0.364. The third-order valence-corrected chi connectivity index (χ3v) is 5.95. The van der Waals surface area contributed by atoms with E-state index in [0.717, 1.165) is 21.7 Å². The van der Waals surface area contributed by atoms with Gasteiger partial charge in [0.2, 0.25) is 21.8 Å². The second-order valence-electron chi connectivity index (χ2n) is 7.21. The first-order valence-corrected chi connectivity index (χ1v) is 11.8. The Morgan fingerprint density at radius 3 is 1.97 bits per heavy atom. The molecule has 2 aromatic rings. The van der Waals surface area contributed by atoms with Crippen molar-refractivity contribution in [1.29, 1.82) is 0 Å². The van der Waals surface area contributed by atoms with Crippen molar-refractivity contribution in [2.45, 2.75) is 26.1 Å². The lowest BCUT2D eigenvalue weighted by atomic mass is 10.1. The Morgan fingerprint density at radius 2 is 1.48 bits per heavy atom. The fourth-order valence-electron chi connectivity index (χ4n) is 3.01. The molecule has 2 N–H and O–H groups in total. The minimum atomic E-state index is -3.67. The molecule has 0 heterocycles. The molecule has 31 heavy (non-hydrogen) atoms. The zero-order chi connectivity index (χ0) is 22.9. The van der Waals surface area contributed by atoms with Crippen LogP contribution < -0.4 is 5.32 Å². The molecule has 0 spiro atoms. The molecular formula is C22H29N3O5S. The average molecular weight is 448 g/mol. The first-order chi connectivity index (χ1) is 14.7. The zero-order valence-corrected chi connectivity index (χ0v) is 18.6. The average Bonchev–Trinajstić information content (AvgIpc) is 2.75. The molecule has 2 aromatic carbocycles. The Labute approximate surface area is 183 Å². The first-order valence-electron chi connectivity index (χ1n) is 9.93. The van der Waals surface area contributed by atoms with Gasteiger partial charge >= 0.3 is 0 Å². The van der Waals surface area contributed by atoms with Gasteiger partial charge in [0.25, 0.3) is 0 Å². The van der Waals surface area contributed by atoms with E-state index in [1.54, 1.807) is 31.2 Å². The fourth-order valence-corrected chi connectivity index (χ4v) is 3.74. The molecule has 2 rings (SSSR count). The molecule has 0 unspecified atom stereocenters. The highest BCUT2D eigenvalue weighted by Crippen LogP contribution is 2.13. The molecule has 0 aliphatic rings. The van der Waals surface area contributed by atoms with Gasteiger partial charge < -0.3 is 15.3 Å². The van der Waals surface area contributed by atoms with E-state index in [1.165, 1.54) is 4.90 Å². The number of hydrogen-bond donors (Lipinski definition) is 2. The number of rotatable bonds is 11. The van der Waals surface area contributed by atoms with Crippen molar-refractivity contribution in [2.24, 2.45) is 0 Å². The molecule has 0 fully saturated rings. The standard InChI is InChI=1S/C22H29N3O5S/c1-18(22(28)23-13-14-26)25(16-20-11-7-4-8-12-20)21(27)17-24(31(2,29)30)15-19-9-5-3-6-10-19/h3-12,18,26H,13-17H2,1-2H3,(H,23,28)/t18-/m1/s1. The van der Waals surface area contributed by atoms with Gasteiger partial charge in [0.15, 0.2) is 0 Å². The Morgan fingerprint density at radius 1 is 0.968 bits per heavy atom. The molecule has 0 aromatic heterocycles. The Hall–Kier alpha value is -2.75. The van der Waals surface area contributed by atoms with Gasteiger partial charge in [0.05, 0.1) is 19.4 Å². The normalized spacial score (nSPS) is 12.4. The number of benzene rings is 2. The van der Waals surface area contributed by atoms with Gasteiger partial charge in [-0.15, -0.1) is 0 Å². The summed E-state index contributed by atoms with van der Waals surface area (Å²) < 4.78 is 25.8. The molecule has 0 bridgehead atoms. The van der Waals surface area contributed by atoms with Crippen molar-refractivity contribution in [3.63, 3.8) is 0 Å². The summed E-state index contributed by atoms with van der Waals surface area (Å²) in [7, 11) is -3.67. The summed E-state index contributed by atoms with van der Waals surface area (Å²) in [4.78, 5) is 27.0. The minimum absolute atomic E-state index is 0.0513. The van der Waals surface area contributed by atoms with E-state index in [4.69, 9.17) is 5.11 Å².